The molecule has 2 aliphatic carbocycles. The molecule has 1 saturated heterocycles. The van der Waals surface area contributed by atoms with E-state index >= 15 is 0 Å². The first-order valence-electron chi connectivity index (χ1n) is 11.5. The van der Waals surface area contributed by atoms with Crippen molar-refractivity contribution in [2.75, 3.05) is 19.6 Å². The highest BCUT2D eigenvalue weighted by Crippen LogP contribution is 2.52. The third kappa shape index (κ3) is 3.66. The Bertz CT molecular complexity index is 1060. The van der Waals surface area contributed by atoms with Gasteiger partial charge in [-0.25, -0.2) is 8.42 Å². The second-order valence-electron chi connectivity index (χ2n) is 9.45. The summed E-state index contributed by atoms with van der Waals surface area (Å²) in [6, 6.07) is 17.8. The van der Waals surface area contributed by atoms with Crippen LogP contribution in [0.2, 0.25) is 0 Å². The summed E-state index contributed by atoms with van der Waals surface area (Å²) in [5.41, 5.74) is -0.856. The summed E-state index contributed by atoms with van der Waals surface area (Å²) in [5.74, 6) is 0.407. The van der Waals surface area contributed by atoms with E-state index in [1.807, 2.05) is 30.3 Å². The number of piperidine rings is 1. The number of benzene rings is 2. The van der Waals surface area contributed by atoms with E-state index < -0.39 is 15.6 Å². The van der Waals surface area contributed by atoms with E-state index in [4.69, 9.17) is 0 Å². The van der Waals surface area contributed by atoms with Crippen molar-refractivity contribution < 1.29 is 18.3 Å². The largest absolute Gasteiger partial charge is 0.375 e. The first-order chi connectivity index (χ1) is 15.4. The Kier molecular flexibility index (Phi) is 5.60. The van der Waals surface area contributed by atoms with Crippen LogP contribution in [0.15, 0.2) is 65.6 Å². The van der Waals surface area contributed by atoms with Gasteiger partial charge in [0.25, 0.3) is 5.91 Å². The second kappa shape index (κ2) is 8.28. The summed E-state index contributed by atoms with van der Waals surface area (Å²) < 4.78 is 27.2. The van der Waals surface area contributed by atoms with E-state index in [9.17, 15) is 18.3 Å². The Hall–Kier alpha value is -2.22. The monoisotopic (exact) mass is 454 g/mol. The first kappa shape index (κ1) is 21.6. The maximum Gasteiger partial charge on any atom is 0.256 e. The summed E-state index contributed by atoms with van der Waals surface area (Å²) in [5, 5.41) is 14.6. The molecule has 170 valence electrons. The zero-order valence-corrected chi connectivity index (χ0v) is 18.9. The molecule has 2 N–H and O–H groups in total. The van der Waals surface area contributed by atoms with Crippen LogP contribution in [-0.2, 0) is 20.4 Å². The molecule has 1 heterocycles. The van der Waals surface area contributed by atoms with Crippen molar-refractivity contribution in [3.8, 4) is 0 Å². The van der Waals surface area contributed by atoms with Gasteiger partial charge in [0.1, 0.15) is 0 Å². The Labute approximate surface area is 189 Å². The zero-order valence-electron chi connectivity index (χ0n) is 18.1. The van der Waals surface area contributed by atoms with Crippen LogP contribution in [0.25, 0.3) is 0 Å². The van der Waals surface area contributed by atoms with E-state index in [1.54, 1.807) is 34.6 Å². The highest BCUT2D eigenvalue weighted by atomic mass is 32.2. The molecule has 3 unspecified atom stereocenters. The van der Waals surface area contributed by atoms with E-state index in [2.05, 4.69) is 5.32 Å². The maximum absolute atomic E-state index is 13.2. The number of aliphatic hydroxyl groups is 1. The second-order valence-corrected chi connectivity index (χ2v) is 11.4. The zero-order chi connectivity index (χ0) is 22.3. The summed E-state index contributed by atoms with van der Waals surface area (Å²) in [6.45, 7) is 1.47. The molecule has 1 aliphatic heterocycles. The molecule has 3 aliphatic rings. The fourth-order valence-corrected chi connectivity index (χ4v) is 7.32. The van der Waals surface area contributed by atoms with Gasteiger partial charge in [0, 0.05) is 25.6 Å². The SMILES string of the molecule is O=C(NCC1C2CN(S(=O)(=O)c3ccccc3)C[C@H]12)C(O)(c1ccccc1)C1CCCC1. The van der Waals surface area contributed by atoms with Crippen molar-refractivity contribution >= 4 is 15.9 Å². The van der Waals surface area contributed by atoms with Crippen LogP contribution in [-0.4, -0.2) is 43.4 Å². The van der Waals surface area contributed by atoms with E-state index in [0.717, 1.165) is 25.7 Å². The summed E-state index contributed by atoms with van der Waals surface area (Å²) >= 11 is 0. The quantitative estimate of drug-likeness (QED) is 0.674. The predicted molar refractivity (Wildman–Crippen MR) is 121 cm³/mol. The van der Waals surface area contributed by atoms with Crippen molar-refractivity contribution in [3.05, 3.63) is 66.2 Å². The van der Waals surface area contributed by atoms with Crippen LogP contribution >= 0.6 is 0 Å². The molecule has 0 bridgehead atoms. The molecule has 2 aromatic carbocycles. The molecule has 32 heavy (non-hydrogen) atoms. The maximum atomic E-state index is 13.2. The van der Waals surface area contributed by atoms with Gasteiger partial charge >= 0.3 is 0 Å². The lowest BCUT2D eigenvalue weighted by Gasteiger charge is -2.33. The summed E-state index contributed by atoms with van der Waals surface area (Å²) in [6.07, 6.45) is 3.76. The molecule has 1 amide bonds. The number of sulfonamides is 1. The topological polar surface area (TPSA) is 86.7 Å². The van der Waals surface area contributed by atoms with Gasteiger partial charge in [-0.3, -0.25) is 4.79 Å². The van der Waals surface area contributed by atoms with Gasteiger partial charge in [0.05, 0.1) is 4.90 Å². The van der Waals surface area contributed by atoms with E-state index in [-0.39, 0.29) is 29.6 Å². The van der Waals surface area contributed by atoms with Gasteiger partial charge < -0.3 is 10.4 Å². The summed E-state index contributed by atoms with van der Waals surface area (Å²) in [7, 11) is -3.46. The number of carbonyl (C=O) groups excluding carboxylic acids is 1. The molecule has 3 fully saturated rings. The number of amides is 1. The van der Waals surface area contributed by atoms with Gasteiger partial charge in [-0.05, 0) is 48.3 Å². The van der Waals surface area contributed by atoms with Crippen molar-refractivity contribution in [2.24, 2.45) is 23.7 Å². The van der Waals surface area contributed by atoms with E-state index in [0.29, 0.717) is 30.1 Å². The third-order valence-electron chi connectivity index (χ3n) is 7.72. The third-order valence-corrected chi connectivity index (χ3v) is 9.57. The van der Waals surface area contributed by atoms with Gasteiger partial charge in [-0.1, -0.05) is 61.4 Å². The predicted octanol–water partition coefficient (Wildman–Crippen LogP) is 2.75. The number of nitrogens with one attached hydrogen (secondary N) is 1. The van der Waals surface area contributed by atoms with Crippen LogP contribution < -0.4 is 5.32 Å². The number of fused-ring (bicyclic) bond motifs is 1. The normalized spacial score (nSPS) is 27.6. The molecule has 2 aromatic rings. The van der Waals surface area contributed by atoms with Crippen LogP contribution in [0, 0.1) is 23.7 Å². The number of hydrogen-bond donors (Lipinski definition) is 2. The average molecular weight is 455 g/mol. The smallest absolute Gasteiger partial charge is 0.256 e. The van der Waals surface area contributed by atoms with Crippen LogP contribution in [0.1, 0.15) is 31.2 Å². The van der Waals surface area contributed by atoms with Crippen LogP contribution in [0.4, 0.5) is 0 Å². The van der Waals surface area contributed by atoms with Gasteiger partial charge in [-0.15, -0.1) is 0 Å². The molecule has 0 radical (unpaired) electrons. The van der Waals surface area contributed by atoms with Gasteiger partial charge in [0.15, 0.2) is 5.60 Å². The highest BCUT2D eigenvalue weighted by molar-refractivity contribution is 7.89. The molecule has 0 aromatic heterocycles. The van der Waals surface area contributed by atoms with Crippen molar-refractivity contribution in [3.63, 3.8) is 0 Å². The molecular formula is C25H30N2O4S. The minimum atomic E-state index is -3.46. The highest BCUT2D eigenvalue weighted by Gasteiger charge is 2.58. The molecule has 6 nitrogen and oxygen atoms in total. The lowest BCUT2D eigenvalue weighted by molar-refractivity contribution is -0.147. The van der Waals surface area contributed by atoms with E-state index in [1.165, 1.54) is 0 Å². The minimum Gasteiger partial charge on any atom is -0.375 e. The molecule has 5 rings (SSSR count). The molecular weight excluding hydrogens is 424 g/mol. The summed E-state index contributed by atoms with van der Waals surface area (Å²) in [4.78, 5) is 13.6. The fraction of sp³-hybridized carbons (Fsp3) is 0.480. The Morgan fingerprint density at radius 3 is 2.12 bits per heavy atom. The average Bonchev–Trinajstić information content (AvgIpc) is 3.23. The fourth-order valence-electron chi connectivity index (χ4n) is 5.78. The number of hydrogen-bond acceptors (Lipinski definition) is 4. The molecule has 7 heteroatoms. The minimum absolute atomic E-state index is 0.0740. The van der Waals surface area contributed by atoms with Crippen molar-refractivity contribution in [1.82, 2.24) is 9.62 Å². The van der Waals surface area contributed by atoms with Gasteiger partial charge in [-0.2, -0.15) is 4.31 Å². The first-order valence-corrected chi connectivity index (χ1v) is 13.0. The Balaban J connectivity index is 1.21. The van der Waals surface area contributed by atoms with Crippen molar-refractivity contribution in [1.29, 1.82) is 0 Å². The molecule has 2 saturated carbocycles. The number of carbonyl (C=O) groups is 1. The Morgan fingerprint density at radius 1 is 0.969 bits per heavy atom. The lowest BCUT2D eigenvalue weighted by Crippen LogP contribution is -2.49. The van der Waals surface area contributed by atoms with Crippen molar-refractivity contribution in [2.45, 2.75) is 36.2 Å². The van der Waals surface area contributed by atoms with Gasteiger partial charge in [0.2, 0.25) is 10.0 Å². The van der Waals surface area contributed by atoms with Crippen LogP contribution in [0.5, 0.6) is 0 Å². The van der Waals surface area contributed by atoms with Crippen LogP contribution in [0.3, 0.4) is 0 Å². The number of nitrogens with zero attached hydrogens (tertiary/aromatic N) is 1. The molecule has 4 atom stereocenters. The Morgan fingerprint density at radius 2 is 1.53 bits per heavy atom. The lowest BCUT2D eigenvalue weighted by atomic mass is 9.79. The molecule has 0 spiro atoms. The number of rotatable bonds is 7. The standard InChI is InChI=1S/C25H30N2O4S/c28-24(25(29,19-11-7-8-12-19)18-9-3-1-4-10-18)26-15-21-22-16-27(17-23(21)22)32(30,31)20-13-5-2-6-14-20/h1-6,9-10,13-14,19,21-23,29H,7-8,11-12,15-17H2,(H,26,28)/t21?,22-,23?,25?/m1/s1.